The number of hydrogen-bond acceptors (Lipinski definition) is 4. The fraction of sp³-hybridized carbons (Fsp3) is 0.609. The fourth-order valence-electron chi connectivity index (χ4n) is 5.11. The Morgan fingerprint density at radius 1 is 1.07 bits per heavy atom. The average Bonchev–Trinajstić information content (AvgIpc) is 3.04. The number of hydrogen-bond donors (Lipinski definition) is 2. The lowest BCUT2D eigenvalue weighted by molar-refractivity contribution is -0.128. The smallest absolute Gasteiger partial charge is 0.325 e. The van der Waals surface area contributed by atoms with Crippen molar-refractivity contribution in [2.24, 2.45) is 5.92 Å². The molecule has 7 heteroatoms. The molecule has 0 aliphatic carbocycles. The van der Waals surface area contributed by atoms with Crippen LogP contribution in [0, 0.1) is 5.92 Å². The predicted molar refractivity (Wildman–Crippen MR) is 113 cm³/mol. The molecular formula is C23H32N4O3. The summed E-state index contributed by atoms with van der Waals surface area (Å²) >= 11 is 0. The van der Waals surface area contributed by atoms with Crippen molar-refractivity contribution in [3.63, 3.8) is 0 Å². The van der Waals surface area contributed by atoms with E-state index in [1.54, 1.807) is 0 Å². The largest absolute Gasteiger partial charge is 0.356 e. The Morgan fingerprint density at radius 2 is 1.87 bits per heavy atom. The van der Waals surface area contributed by atoms with Gasteiger partial charge in [-0.3, -0.25) is 14.5 Å². The van der Waals surface area contributed by atoms with Gasteiger partial charge >= 0.3 is 6.03 Å². The summed E-state index contributed by atoms with van der Waals surface area (Å²) in [6.07, 6.45) is 6.77. The third-order valence-electron chi connectivity index (χ3n) is 6.74. The highest BCUT2D eigenvalue weighted by molar-refractivity contribution is 6.04. The first kappa shape index (κ1) is 20.8. The van der Waals surface area contributed by atoms with Gasteiger partial charge in [-0.25, -0.2) is 4.79 Å². The second-order valence-corrected chi connectivity index (χ2v) is 8.76. The number of nitrogens with one attached hydrogen (secondary N) is 2. The molecule has 0 aromatic heterocycles. The normalized spacial score (nSPS) is 26.9. The number of rotatable bonds is 7. The third kappa shape index (κ3) is 4.83. The van der Waals surface area contributed by atoms with E-state index in [0.717, 1.165) is 5.56 Å². The SMILES string of the molecule is O=C(CC[C@H]1NC(=O)N(Cc2ccccc2)C1=O)NC[C@@H]1CCCN2CCCC[C@H]12. The summed E-state index contributed by atoms with van der Waals surface area (Å²) in [4.78, 5) is 41.0. The minimum absolute atomic E-state index is 0.0357. The van der Waals surface area contributed by atoms with Crippen molar-refractivity contribution < 1.29 is 14.4 Å². The number of nitrogens with zero attached hydrogens (tertiary/aromatic N) is 2. The number of fused-ring (bicyclic) bond motifs is 1. The molecular weight excluding hydrogens is 380 g/mol. The maximum atomic E-state index is 12.6. The summed E-state index contributed by atoms with van der Waals surface area (Å²) < 4.78 is 0. The number of carbonyl (C=O) groups is 3. The van der Waals surface area contributed by atoms with Gasteiger partial charge in [-0.1, -0.05) is 36.8 Å². The first-order valence-corrected chi connectivity index (χ1v) is 11.3. The lowest BCUT2D eigenvalue weighted by Crippen LogP contribution is -2.51. The van der Waals surface area contributed by atoms with Crippen LogP contribution in [0.15, 0.2) is 30.3 Å². The minimum atomic E-state index is -0.615. The lowest BCUT2D eigenvalue weighted by atomic mass is 9.83. The Kier molecular flexibility index (Phi) is 6.67. The van der Waals surface area contributed by atoms with E-state index in [2.05, 4.69) is 15.5 Å². The van der Waals surface area contributed by atoms with Gasteiger partial charge in [0.25, 0.3) is 5.91 Å². The number of urea groups is 1. The molecule has 1 aromatic rings. The first-order valence-electron chi connectivity index (χ1n) is 11.3. The van der Waals surface area contributed by atoms with Gasteiger partial charge in [0.05, 0.1) is 6.54 Å². The Hall–Kier alpha value is -2.41. The van der Waals surface area contributed by atoms with Crippen LogP contribution in [0.25, 0.3) is 0 Å². The molecule has 0 bridgehead atoms. The summed E-state index contributed by atoms with van der Waals surface area (Å²) in [5, 5.41) is 5.81. The highest BCUT2D eigenvalue weighted by Crippen LogP contribution is 2.30. The second kappa shape index (κ2) is 9.60. The maximum Gasteiger partial charge on any atom is 0.325 e. The molecule has 3 heterocycles. The second-order valence-electron chi connectivity index (χ2n) is 8.76. The van der Waals surface area contributed by atoms with E-state index >= 15 is 0 Å². The third-order valence-corrected chi connectivity index (χ3v) is 6.74. The van der Waals surface area contributed by atoms with Crippen molar-refractivity contribution in [2.45, 2.75) is 63.6 Å². The predicted octanol–water partition coefficient (Wildman–Crippen LogP) is 2.27. The van der Waals surface area contributed by atoms with E-state index in [-0.39, 0.29) is 30.8 Å². The summed E-state index contributed by atoms with van der Waals surface area (Å²) in [6.45, 7) is 3.36. The van der Waals surface area contributed by atoms with E-state index < -0.39 is 6.04 Å². The van der Waals surface area contributed by atoms with Crippen molar-refractivity contribution in [2.75, 3.05) is 19.6 Å². The molecule has 2 N–H and O–H groups in total. The van der Waals surface area contributed by atoms with Crippen LogP contribution in [0.5, 0.6) is 0 Å². The Balaban J connectivity index is 1.22. The zero-order valence-electron chi connectivity index (χ0n) is 17.5. The van der Waals surface area contributed by atoms with E-state index in [9.17, 15) is 14.4 Å². The molecule has 3 aliphatic heterocycles. The minimum Gasteiger partial charge on any atom is -0.356 e. The van der Waals surface area contributed by atoms with Crippen LogP contribution in [-0.2, 0) is 16.1 Å². The van der Waals surface area contributed by atoms with Crippen LogP contribution in [0.3, 0.4) is 0 Å². The number of imide groups is 1. The Bertz CT molecular complexity index is 767. The van der Waals surface area contributed by atoms with Gasteiger partial charge in [0.1, 0.15) is 6.04 Å². The van der Waals surface area contributed by atoms with Crippen molar-refractivity contribution in [1.29, 1.82) is 0 Å². The van der Waals surface area contributed by atoms with Gasteiger partial charge in [-0.15, -0.1) is 0 Å². The van der Waals surface area contributed by atoms with Crippen LogP contribution in [0.2, 0.25) is 0 Å². The summed E-state index contributed by atoms with van der Waals surface area (Å²) in [7, 11) is 0. The van der Waals surface area contributed by atoms with Gasteiger partial charge in [-0.2, -0.15) is 0 Å². The highest BCUT2D eigenvalue weighted by Gasteiger charge is 2.38. The average molecular weight is 413 g/mol. The molecule has 4 amide bonds. The van der Waals surface area contributed by atoms with Gasteiger partial charge in [0, 0.05) is 19.0 Å². The molecule has 0 unspecified atom stereocenters. The Morgan fingerprint density at radius 3 is 2.70 bits per heavy atom. The van der Waals surface area contributed by atoms with Crippen molar-refractivity contribution in [1.82, 2.24) is 20.4 Å². The molecule has 3 saturated heterocycles. The molecule has 0 saturated carbocycles. The topological polar surface area (TPSA) is 81.8 Å². The van der Waals surface area contributed by atoms with E-state index in [4.69, 9.17) is 0 Å². The molecule has 0 radical (unpaired) electrons. The Labute approximate surface area is 178 Å². The van der Waals surface area contributed by atoms with Crippen LogP contribution < -0.4 is 10.6 Å². The molecule has 3 fully saturated rings. The van der Waals surface area contributed by atoms with E-state index in [1.165, 1.54) is 50.1 Å². The zero-order valence-corrected chi connectivity index (χ0v) is 17.5. The van der Waals surface area contributed by atoms with Gasteiger partial charge in [0.15, 0.2) is 0 Å². The van der Waals surface area contributed by atoms with Crippen LogP contribution in [0.4, 0.5) is 4.79 Å². The number of piperidine rings is 2. The molecule has 3 atom stereocenters. The van der Waals surface area contributed by atoms with Gasteiger partial charge in [0.2, 0.25) is 5.91 Å². The molecule has 4 rings (SSSR count). The van der Waals surface area contributed by atoms with Crippen LogP contribution in [-0.4, -0.2) is 59.4 Å². The molecule has 1 aromatic carbocycles. The monoisotopic (exact) mass is 412 g/mol. The lowest BCUT2D eigenvalue weighted by Gasteiger charge is -2.44. The number of amides is 4. The van der Waals surface area contributed by atoms with E-state index in [1.807, 2.05) is 30.3 Å². The standard InChI is InChI=1S/C23H32N4O3/c28-21(24-15-18-9-6-14-26-13-5-4-10-20(18)26)12-11-19-22(29)27(23(30)25-19)16-17-7-2-1-3-8-17/h1-3,7-8,18-20H,4-6,9-16H2,(H,24,28)(H,25,30)/t18-,19+,20+/m0/s1. The van der Waals surface area contributed by atoms with Crippen molar-refractivity contribution >= 4 is 17.8 Å². The number of benzene rings is 1. The van der Waals surface area contributed by atoms with Crippen LogP contribution >= 0.6 is 0 Å². The van der Waals surface area contributed by atoms with Crippen molar-refractivity contribution in [3.8, 4) is 0 Å². The van der Waals surface area contributed by atoms with Gasteiger partial charge in [-0.05, 0) is 56.7 Å². The zero-order chi connectivity index (χ0) is 20.9. The maximum absolute atomic E-state index is 12.6. The highest BCUT2D eigenvalue weighted by atomic mass is 16.2. The summed E-state index contributed by atoms with van der Waals surface area (Å²) in [5.74, 6) is 0.241. The molecule has 7 nitrogen and oxygen atoms in total. The summed E-state index contributed by atoms with van der Waals surface area (Å²) in [6, 6.07) is 9.05. The van der Waals surface area contributed by atoms with Crippen LogP contribution in [0.1, 0.15) is 50.5 Å². The van der Waals surface area contributed by atoms with E-state index in [0.29, 0.717) is 24.9 Å². The summed E-state index contributed by atoms with van der Waals surface area (Å²) in [5.41, 5.74) is 0.906. The first-order chi connectivity index (χ1) is 14.6. The van der Waals surface area contributed by atoms with Gasteiger partial charge < -0.3 is 15.5 Å². The number of carbonyl (C=O) groups excluding carboxylic acids is 3. The molecule has 30 heavy (non-hydrogen) atoms. The molecule has 0 spiro atoms. The fourth-order valence-corrected chi connectivity index (χ4v) is 5.11. The molecule has 162 valence electrons. The van der Waals surface area contributed by atoms with Crippen molar-refractivity contribution in [3.05, 3.63) is 35.9 Å². The quantitative estimate of drug-likeness (QED) is 0.673. The molecule has 3 aliphatic rings.